The maximum absolute atomic E-state index is 12.3. The number of carbonyl (C=O) groups is 2. The molecule has 2 atom stereocenters. The summed E-state index contributed by atoms with van der Waals surface area (Å²) in [6.45, 7) is 3.51. The summed E-state index contributed by atoms with van der Waals surface area (Å²) < 4.78 is 11.8. The monoisotopic (exact) mass is 438 g/mol. The minimum absolute atomic E-state index is 0.131. The lowest BCUT2D eigenvalue weighted by Crippen LogP contribution is -2.40. The van der Waals surface area contributed by atoms with E-state index in [1.165, 1.54) is 0 Å². The number of hydrogen-bond donors (Lipinski definition) is 1. The third-order valence-corrected chi connectivity index (χ3v) is 5.32. The van der Waals surface area contributed by atoms with E-state index in [-0.39, 0.29) is 24.9 Å². The van der Waals surface area contributed by atoms with E-state index < -0.39 is 18.2 Å². The third kappa shape index (κ3) is 5.91. The van der Waals surface area contributed by atoms with Gasteiger partial charge in [-0.1, -0.05) is 54.8 Å². The number of unbranched alkanes of at least 4 members (excludes halogenated alkanes) is 1. The van der Waals surface area contributed by atoms with E-state index in [9.17, 15) is 14.7 Å². The molecule has 0 aromatic heterocycles. The van der Waals surface area contributed by atoms with Gasteiger partial charge < -0.3 is 14.6 Å². The van der Waals surface area contributed by atoms with Gasteiger partial charge in [-0.2, -0.15) is 0 Å². The SMILES string of the molecule is CCCCC(CC)C(=O)OCC1(CO)C/C(=C\c2ccc(Br)cc2)C(=O)O1. The highest BCUT2D eigenvalue weighted by Gasteiger charge is 2.44. The Kier molecular flexibility index (Phi) is 8.05. The average molecular weight is 439 g/mol. The number of benzene rings is 1. The average Bonchev–Trinajstić information content (AvgIpc) is 2.98. The van der Waals surface area contributed by atoms with Gasteiger partial charge in [0, 0.05) is 16.5 Å². The largest absolute Gasteiger partial charge is 0.461 e. The van der Waals surface area contributed by atoms with Crippen LogP contribution in [0.3, 0.4) is 0 Å². The molecule has 0 radical (unpaired) electrons. The zero-order valence-electron chi connectivity index (χ0n) is 15.9. The number of aliphatic hydroxyl groups excluding tert-OH is 1. The molecule has 1 aromatic rings. The van der Waals surface area contributed by atoms with E-state index in [0.29, 0.717) is 12.0 Å². The molecule has 0 spiro atoms. The quantitative estimate of drug-likeness (QED) is 0.460. The van der Waals surface area contributed by atoms with Crippen molar-refractivity contribution in [3.8, 4) is 0 Å². The first-order chi connectivity index (χ1) is 12.9. The Balaban J connectivity index is 2.03. The van der Waals surface area contributed by atoms with Crippen LogP contribution in [0.4, 0.5) is 0 Å². The van der Waals surface area contributed by atoms with Gasteiger partial charge in [-0.3, -0.25) is 4.79 Å². The van der Waals surface area contributed by atoms with Crippen molar-refractivity contribution in [3.05, 3.63) is 39.9 Å². The van der Waals surface area contributed by atoms with Crippen molar-refractivity contribution in [3.63, 3.8) is 0 Å². The van der Waals surface area contributed by atoms with Crippen molar-refractivity contribution in [1.82, 2.24) is 0 Å². The Morgan fingerprint density at radius 2 is 2.07 bits per heavy atom. The first-order valence-electron chi connectivity index (χ1n) is 9.40. The highest BCUT2D eigenvalue weighted by atomic mass is 79.9. The number of aliphatic hydroxyl groups is 1. The molecule has 0 bridgehead atoms. The lowest BCUT2D eigenvalue weighted by molar-refractivity contribution is -0.169. The van der Waals surface area contributed by atoms with Crippen LogP contribution in [0, 0.1) is 5.92 Å². The maximum atomic E-state index is 12.3. The molecular formula is C21H27BrO5. The third-order valence-electron chi connectivity index (χ3n) is 4.79. The molecule has 1 aliphatic heterocycles. The standard InChI is InChI=1S/C21H27BrO5/c1-3-5-6-16(4-2)19(24)26-14-21(13-23)12-17(20(25)27-21)11-15-7-9-18(22)10-8-15/h7-11,16,23H,3-6,12-14H2,1-2H3/b17-11+. The van der Waals surface area contributed by atoms with Crippen LogP contribution in [0.5, 0.6) is 0 Å². The predicted molar refractivity (Wildman–Crippen MR) is 107 cm³/mol. The number of carbonyl (C=O) groups excluding carboxylic acids is 2. The number of rotatable bonds is 9. The Labute approximate surface area is 168 Å². The summed E-state index contributed by atoms with van der Waals surface area (Å²) in [5.74, 6) is -0.934. The van der Waals surface area contributed by atoms with Crippen LogP contribution in [-0.4, -0.2) is 35.9 Å². The molecule has 27 heavy (non-hydrogen) atoms. The molecule has 0 saturated carbocycles. The molecule has 0 amide bonds. The van der Waals surface area contributed by atoms with Crippen molar-refractivity contribution in [1.29, 1.82) is 0 Å². The van der Waals surface area contributed by atoms with Gasteiger partial charge in [0.1, 0.15) is 6.61 Å². The Bertz CT molecular complexity index is 682. The van der Waals surface area contributed by atoms with Crippen LogP contribution in [-0.2, 0) is 19.1 Å². The van der Waals surface area contributed by atoms with Crippen LogP contribution >= 0.6 is 15.9 Å². The first kappa shape index (κ1) is 21.6. The van der Waals surface area contributed by atoms with E-state index >= 15 is 0 Å². The molecule has 1 heterocycles. The van der Waals surface area contributed by atoms with Gasteiger partial charge in [0.15, 0.2) is 5.60 Å². The minimum atomic E-state index is -1.20. The van der Waals surface area contributed by atoms with Gasteiger partial charge in [-0.05, 0) is 36.6 Å². The maximum Gasteiger partial charge on any atom is 0.334 e. The molecule has 1 saturated heterocycles. The van der Waals surface area contributed by atoms with Gasteiger partial charge in [0.2, 0.25) is 0 Å². The van der Waals surface area contributed by atoms with Crippen molar-refractivity contribution in [2.75, 3.05) is 13.2 Å². The van der Waals surface area contributed by atoms with Crippen LogP contribution in [0.25, 0.3) is 6.08 Å². The van der Waals surface area contributed by atoms with Crippen LogP contribution in [0.15, 0.2) is 34.3 Å². The number of cyclic esters (lactones) is 1. The number of hydrogen-bond acceptors (Lipinski definition) is 5. The van der Waals surface area contributed by atoms with E-state index in [0.717, 1.165) is 29.3 Å². The van der Waals surface area contributed by atoms with Crippen LogP contribution < -0.4 is 0 Å². The Hall–Kier alpha value is -1.66. The fourth-order valence-electron chi connectivity index (χ4n) is 3.06. The van der Waals surface area contributed by atoms with E-state index in [4.69, 9.17) is 9.47 Å². The molecule has 0 aliphatic carbocycles. The van der Waals surface area contributed by atoms with E-state index in [1.54, 1.807) is 6.08 Å². The summed E-state index contributed by atoms with van der Waals surface area (Å²) in [4.78, 5) is 24.6. The highest BCUT2D eigenvalue weighted by Crippen LogP contribution is 2.33. The molecule has 5 nitrogen and oxygen atoms in total. The summed E-state index contributed by atoms with van der Waals surface area (Å²) in [6, 6.07) is 7.52. The topological polar surface area (TPSA) is 72.8 Å². The molecule has 1 aliphatic rings. The minimum Gasteiger partial charge on any atom is -0.461 e. The molecule has 148 valence electrons. The normalized spacial score (nSPS) is 21.9. The predicted octanol–water partition coefficient (Wildman–Crippen LogP) is 4.27. The van der Waals surface area contributed by atoms with Crippen molar-refractivity contribution < 1.29 is 24.2 Å². The highest BCUT2D eigenvalue weighted by molar-refractivity contribution is 9.10. The Morgan fingerprint density at radius 3 is 2.67 bits per heavy atom. The van der Waals surface area contributed by atoms with Gasteiger partial charge >= 0.3 is 11.9 Å². The van der Waals surface area contributed by atoms with Gasteiger partial charge in [-0.15, -0.1) is 0 Å². The second kappa shape index (κ2) is 10.0. The van der Waals surface area contributed by atoms with Crippen molar-refractivity contribution >= 4 is 33.9 Å². The zero-order valence-corrected chi connectivity index (χ0v) is 17.5. The summed E-state index contributed by atoms with van der Waals surface area (Å²) in [5, 5.41) is 9.80. The molecule has 1 N–H and O–H groups in total. The van der Waals surface area contributed by atoms with Crippen LogP contribution in [0.1, 0.15) is 51.5 Å². The zero-order chi connectivity index (χ0) is 19.9. The lowest BCUT2D eigenvalue weighted by atomic mass is 9.97. The molecule has 1 aromatic carbocycles. The van der Waals surface area contributed by atoms with E-state index in [1.807, 2.05) is 31.2 Å². The molecule has 1 fully saturated rings. The summed E-state index contributed by atoms with van der Waals surface area (Å²) in [7, 11) is 0. The van der Waals surface area contributed by atoms with Gasteiger partial charge in [0.25, 0.3) is 0 Å². The van der Waals surface area contributed by atoms with Gasteiger partial charge in [-0.25, -0.2) is 4.79 Å². The molecule has 2 rings (SSSR count). The number of ether oxygens (including phenoxy) is 2. The smallest absolute Gasteiger partial charge is 0.334 e. The molecule has 2 unspecified atom stereocenters. The molecule has 6 heteroatoms. The lowest BCUT2D eigenvalue weighted by Gasteiger charge is -2.25. The second-order valence-corrected chi connectivity index (χ2v) is 7.90. The first-order valence-corrected chi connectivity index (χ1v) is 10.2. The number of esters is 2. The van der Waals surface area contributed by atoms with Crippen LogP contribution in [0.2, 0.25) is 0 Å². The number of halogens is 1. The van der Waals surface area contributed by atoms with Crippen molar-refractivity contribution in [2.45, 2.75) is 51.6 Å². The summed E-state index contributed by atoms with van der Waals surface area (Å²) in [6.07, 6.45) is 5.42. The van der Waals surface area contributed by atoms with Crippen molar-refractivity contribution in [2.24, 2.45) is 5.92 Å². The molecular weight excluding hydrogens is 412 g/mol. The fraction of sp³-hybridized carbons (Fsp3) is 0.524. The fourth-order valence-corrected chi connectivity index (χ4v) is 3.33. The Morgan fingerprint density at radius 1 is 1.37 bits per heavy atom. The summed E-state index contributed by atoms with van der Waals surface area (Å²) >= 11 is 3.37. The van der Waals surface area contributed by atoms with Gasteiger partial charge in [0.05, 0.1) is 12.5 Å². The second-order valence-electron chi connectivity index (χ2n) is 6.98. The van der Waals surface area contributed by atoms with E-state index in [2.05, 4.69) is 22.9 Å². The summed E-state index contributed by atoms with van der Waals surface area (Å²) in [5.41, 5.74) is 0.124.